The molecule has 2 aliphatic carbocycles. The average Bonchev–Trinajstić information content (AvgIpc) is 3.39. The predicted octanol–water partition coefficient (Wildman–Crippen LogP) is 2.37. The van der Waals surface area contributed by atoms with E-state index in [9.17, 15) is 9.59 Å². The summed E-state index contributed by atoms with van der Waals surface area (Å²) in [4.78, 5) is 27.6. The molecule has 5 nitrogen and oxygen atoms in total. The van der Waals surface area contributed by atoms with E-state index < -0.39 is 0 Å². The number of ether oxygens (including phenoxy) is 1. The molecule has 3 rings (SSSR count). The van der Waals surface area contributed by atoms with Crippen LogP contribution in [0.5, 0.6) is 0 Å². The molecule has 3 aliphatic rings. The normalized spacial score (nSPS) is 28.0. The van der Waals surface area contributed by atoms with Gasteiger partial charge in [-0.1, -0.05) is 26.0 Å². The zero-order chi connectivity index (χ0) is 17.9. The summed E-state index contributed by atoms with van der Waals surface area (Å²) in [6.45, 7) is 7.74. The van der Waals surface area contributed by atoms with Gasteiger partial charge in [0.2, 0.25) is 11.8 Å². The average molecular weight is 348 g/mol. The number of amides is 2. The largest absolute Gasteiger partial charge is 0.378 e. The summed E-state index contributed by atoms with van der Waals surface area (Å²) < 4.78 is 5.34. The molecule has 0 aromatic heterocycles. The van der Waals surface area contributed by atoms with Crippen LogP contribution >= 0.6 is 0 Å². The SMILES string of the molecule is CC(C)CC1(CNC(=O)[C@H]2CC=CC[C@@H]2C(=O)N2CCOCC2)CC1. The van der Waals surface area contributed by atoms with Crippen molar-refractivity contribution >= 4 is 11.8 Å². The van der Waals surface area contributed by atoms with E-state index in [1.165, 1.54) is 19.3 Å². The van der Waals surface area contributed by atoms with Gasteiger partial charge in [0.25, 0.3) is 0 Å². The van der Waals surface area contributed by atoms with Gasteiger partial charge in [-0.05, 0) is 43.4 Å². The molecular weight excluding hydrogens is 316 g/mol. The molecule has 1 N–H and O–H groups in total. The third kappa shape index (κ3) is 4.63. The summed E-state index contributed by atoms with van der Waals surface area (Å²) in [6.07, 6.45) is 9.05. The molecule has 1 saturated carbocycles. The number of hydrogen-bond acceptors (Lipinski definition) is 3. The highest BCUT2D eigenvalue weighted by atomic mass is 16.5. The fourth-order valence-electron chi connectivity index (χ4n) is 4.30. The Hall–Kier alpha value is -1.36. The van der Waals surface area contributed by atoms with Crippen molar-refractivity contribution in [3.63, 3.8) is 0 Å². The second-order valence-electron chi connectivity index (χ2n) is 8.41. The Morgan fingerprint density at radius 3 is 2.40 bits per heavy atom. The van der Waals surface area contributed by atoms with Crippen molar-refractivity contribution in [3.05, 3.63) is 12.2 Å². The van der Waals surface area contributed by atoms with Crippen LogP contribution in [0.1, 0.15) is 46.0 Å². The lowest BCUT2D eigenvalue weighted by atomic mass is 9.81. The van der Waals surface area contributed by atoms with Crippen LogP contribution in [-0.4, -0.2) is 49.6 Å². The molecule has 2 amide bonds. The van der Waals surface area contributed by atoms with Crippen LogP contribution in [-0.2, 0) is 14.3 Å². The summed E-state index contributed by atoms with van der Waals surface area (Å²) in [7, 11) is 0. The molecule has 0 spiro atoms. The van der Waals surface area contributed by atoms with E-state index in [4.69, 9.17) is 4.74 Å². The second kappa shape index (κ2) is 7.90. The highest BCUT2D eigenvalue weighted by molar-refractivity contribution is 5.88. The number of carbonyl (C=O) groups is 2. The molecule has 0 aromatic rings. The summed E-state index contributed by atoms with van der Waals surface area (Å²) in [5.41, 5.74) is 0.318. The summed E-state index contributed by atoms with van der Waals surface area (Å²) in [6, 6.07) is 0. The van der Waals surface area contributed by atoms with E-state index in [1.807, 2.05) is 17.1 Å². The first-order chi connectivity index (χ1) is 12.0. The number of hydrogen-bond donors (Lipinski definition) is 1. The summed E-state index contributed by atoms with van der Waals surface area (Å²) in [5, 5.41) is 3.18. The molecule has 0 bridgehead atoms. The Balaban J connectivity index is 1.57. The van der Waals surface area contributed by atoms with Crippen LogP contribution in [0, 0.1) is 23.2 Å². The first kappa shape index (κ1) is 18.4. The maximum atomic E-state index is 12.9. The number of nitrogens with zero attached hydrogens (tertiary/aromatic N) is 1. The van der Waals surface area contributed by atoms with Gasteiger partial charge in [0, 0.05) is 19.6 Å². The van der Waals surface area contributed by atoms with E-state index in [-0.39, 0.29) is 23.7 Å². The maximum Gasteiger partial charge on any atom is 0.226 e. The first-order valence-electron chi connectivity index (χ1n) is 9.80. The van der Waals surface area contributed by atoms with Gasteiger partial charge in [-0.25, -0.2) is 0 Å². The van der Waals surface area contributed by atoms with Crippen LogP contribution < -0.4 is 5.32 Å². The quantitative estimate of drug-likeness (QED) is 0.750. The Bertz CT molecular complexity index is 519. The minimum atomic E-state index is -0.227. The number of rotatable bonds is 6. The minimum absolute atomic E-state index is 0.0611. The Morgan fingerprint density at radius 2 is 1.80 bits per heavy atom. The first-order valence-corrected chi connectivity index (χ1v) is 9.80. The van der Waals surface area contributed by atoms with Gasteiger partial charge in [-0.2, -0.15) is 0 Å². The Morgan fingerprint density at radius 1 is 1.16 bits per heavy atom. The highest BCUT2D eigenvalue weighted by Crippen LogP contribution is 2.50. The van der Waals surface area contributed by atoms with Crippen molar-refractivity contribution in [1.29, 1.82) is 0 Å². The van der Waals surface area contributed by atoms with Gasteiger partial charge in [-0.15, -0.1) is 0 Å². The van der Waals surface area contributed by atoms with E-state index in [1.54, 1.807) is 0 Å². The Kier molecular flexibility index (Phi) is 5.82. The molecule has 5 heteroatoms. The zero-order valence-electron chi connectivity index (χ0n) is 15.6. The minimum Gasteiger partial charge on any atom is -0.378 e. The topological polar surface area (TPSA) is 58.6 Å². The molecule has 0 radical (unpaired) electrons. The van der Waals surface area contributed by atoms with Crippen molar-refractivity contribution in [3.8, 4) is 0 Å². The third-order valence-corrected chi connectivity index (χ3v) is 5.85. The van der Waals surface area contributed by atoms with Gasteiger partial charge < -0.3 is 15.0 Å². The molecule has 1 saturated heterocycles. The van der Waals surface area contributed by atoms with Crippen molar-refractivity contribution in [2.24, 2.45) is 23.2 Å². The highest BCUT2D eigenvalue weighted by Gasteiger charge is 2.44. The van der Waals surface area contributed by atoms with Gasteiger partial charge in [0.1, 0.15) is 0 Å². The van der Waals surface area contributed by atoms with E-state index in [0.717, 1.165) is 6.54 Å². The number of carbonyl (C=O) groups excluding carboxylic acids is 2. The predicted molar refractivity (Wildman–Crippen MR) is 96.9 cm³/mol. The third-order valence-electron chi connectivity index (χ3n) is 5.85. The molecular formula is C20H32N2O3. The van der Waals surface area contributed by atoms with Crippen molar-refractivity contribution < 1.29 is 14.3 Å². The fourth-order valence-corrected chi connectivity index (χ4v) is 4.30. The second-order valence-corrected chi connectivity index (χ2v) is 8.41. The molecule has 2 atom stereocenters. The summed E-state index contributed by atoms with van der Waals surface area (Å²) >= 11 is 0. The smallest absolute Gasteiger partial charge is 0.226 e. The lowest BCUT2D eigenvalue weighted by Gasteiger charge is -2.34. The van der Waals surface area contributed by atoms with Crippen molar-refractivity contribution in [1.82, 2.24) is 10.2 Å². The van der Waals surface area contributed by atoms with Crippen LogP contribution in [0.25, 0.3) is 0 Å². The van der Waals surface area contributed by atoms with E-state index in [0.29, 0.717) is 50.5 Å². The van der Waals surface area contributed by atoms with Crippen molar-refractivity contribution in [2.45, 2.75) is 46.0 Å². The van der Waals surface area contributed by atoms with E-state index in [2.05, 4.69) is 19.2 Å². The standard InChI is InChI=1S/C20H32N2O3/c1-15(2)13-20(7-8-20)14-21-18(23)16-5-3-4-6-17(16)19(24)22-9-11-25-12-10-22/h3-4,15-17H,5-14H2,1-2H3,(H,21,23)/t16-,17-/m0/s1. The van der Waals surface area contributed by atoms with Crippen LogP contribution in [0.15, 0.2) is 12.2 Å². The molecule has 140 valence electrons. The summed E-state index contributed by atoms with van der Waals surface area (Å²) in [5.74, 6) is 0.397. The van der Waals surface area contributed by atoms with Gasteiger partial charge >= 0.3 is 0 Å². The Labute approximate surface area is 151 Å². The van der Waals surface area contributed by atoms with Gasteiger partial charge in [-0.3, -0.25) is 9.59 Å². The van der Waals surface area contributed by atoms with Crippen molar-refractivity contribution in [2.75, 3.05) is 32.8 Å². The lowest BCUT2D eigenvalue weighted by molar-refractivity contribution is -0.145. The van der Waals surface area contributed by atoms with Crippen LogP contribution in [0.3, 0.4) is 0 Å². The number of morpholine rings is 1. The number of nitrogens with one attached hydrogen (secondary N) is 1. The lowest BCUT2D eigenvalue weighted by Crippen LogP contribution is -2.48. The number of allylic oxidation sites excluding steroid dienone is 2. The van der Waals surface area contributed by atoms with E-state index >= 15 is 0 Å². The molecule has 0 aromatic carbocycles. The molecule has 2 fully saturated rings. The zero-order valence-corrected chi connectivity index (χ0v) is 15.6. The van der Waals surface area contributed by atoms with Gasteiger partial charge in [0.05, 0.1) is 25.0 Å². The monoisotopic (exact) mass is 348 g/mol. The fraction of sp³-hybridized carbons (Fsp3) is 0.800. The van der Waals surface area contributed by atoms with Crippen LogP contribution in [0.2, 0.25) is 0 Å². The van der Waals surface area contributed by atoms with Gasteiger partial charge in [0.15, 0.2) is 0 Å². The molecule has 1 aliphatic heterocycles. The van der Waals surface area contributed by atoms with Crippen LogP contribution in [0.4, 0.5) is 0 Å². The molecule has 0 unspecified atom stereocenters. The maximum absolute atomic E-state index is 12.9. The molecule has 1 heterocycles. The molecule has 25 heavy (non-hydrogen) atoms.